The highest BCUT2D eigenvalue weighted by Crippen LogP contribution is 2.43. The van der Waals surface area contributed by atoms with Crippen LogP contribution >= 0.6 is 11.8 Å². The van der Waals surface area contributed by atoms with Crippen LogP contribution in [-0.4, -0.2) is 40.3 Å². The molecule has 7 heteroatoms. The molecule has 3 aromatic rings. The van der Waals surface area contributed by atoms with Gasteiger partial charge in [-0.15, -0.1) is 0 Å². The number of anilines is 1. The van der Waals surface area contributed by atoms with Gasteiger partial charge in [-0.25, -0.2) is 17.9 Å². The van der Waals surface area contributed by atoms with Crippen LogP contribution in [0.3, 0.4) is 0 Å². The summed E-state index contributed by atoms with van der Waals surface area (Å²) >= 11 is 1.98. The van der Waals surface area contributed by atoms with Crippen molar-refractivity contribution in [1.29, 1.82) is 0 Å². The molecule has 168 valence electrons. The van der Waals surface area contributed by atoms with Crippen LogP contribution in [0.25, 0.3) is 16.8 Å². The predicted molar refractivity (Wildman–Crippen MR) is 125 cm³/mol. The van der Waals surface area contributed by atoms with Crippen LogP contribution in [0.5, 0.6) is 0 Å². The van der Waals surface area contributed by atoms with E-state index in [1.165, 1.54) is 17.8 Å². The summed E-state index contributed by atoms with van der Waals surface area (Å²) in [5, 5.41) is 4.81. The van der Waals surface area contributed by atoms with E-state index in [0.717, 1.165) is 47.1 Å². The van der Waals surface area contributed by atoms with Crippen molar-refractivity contribution in [1.82, 2.24) is 9.78 Å². The molecular weight excluding hydrogens is 431 g/mol. The zero-order valence-electron chi connectivity index (χ0n) is 17.8. The van der Waals surface area contributed by atoms with E-state index in [2.05, 4.69) is 29.2 Å². The van der Waals surface area contributed by atoms with Gasteiger partial charge in [0.1, 0.15) is 5.82 Å². The van der Waals surface area contributed by atoms with Crippen LogP contribution in [0.4, 0.5) is 18.9 Å². The van der Waals surface area contributed by atoms with Crippen LogP contribution in [0.1, 0.15) is 37.3 Å². The third-order valence-electron chi connectivity index (χ3n) is 6.49. The van der Waals surface area contributed by atoms with Gasteiger partial charge >= 0.3 is 0 Å². The minimum absolute atomic E-state index is 0.00915. The molecule has 0 spiro atoms. The zero-order chi connectivity index (χ0) is 22.1. The van der Waals surface area contributed by atoms with Gasteiger partial charge < -0.3 is 4.90 Å². The Morgan fingerprint density at radius 1 is 0.875 bits per heavy atom. The number of hydrogen-bond donors (Lipinski definition) is 0. The van der Waals surface area contributed by atoms with Crippen LogP contribution in [-0.2, 0) is 0 Å². The highest BCUT2D eigenvalue weighted by Gasteiger charge is 2.37. The van der Waals surface area contributed by atoms with Gasteiger partial charge in [-0.2, -0.15) is 16.9 Å². The van der Waals surface area contributed by atoms with Gasteiger partial charge in [-0.1, -0.05) is 12.1 Å². The van der Waals surface area contributed by atoms with Crippen LogP contribution in [0, 0.1) is 5.82 Å². The lowest BCUT2D eigenvalue weighted by Crippen LogP contribution is -2.32. The molecule has 0 unspecified atom stereocenters. The van der Waals surface area contributed by atoms with Gasteiger partial charge in [0.15, 0.2) is 0 Å². The van der Waals surface area contributed by atoms with Gasteiger partial charge in [0.05, 0.1) is 11.4 Å². The van der Waals surface area contributed by atoms with E-state index < -0.39 is 5.92 Å². The topological polar surface area (TPSA) is 21.1 Å². The molecule has 2 heterocycles. The number of rotatable bonds is 4. The minimum atomic E-state index is -2.58. The fraction of sp³-hybridized carbons (Fsp3) is 0.400. The summed E-state index contributed by atoms with van der Waals surface area (Å²) < 4.78 is 42.7. The van der Waals surface area contributed by atoms with Gasteiger partial charge in [0.2, 0.25) is 5.92 Å². The molecule has 0 radical (unpaired) electrons. The summed E-state index contributed by atoms with van der Waals surface area (Å²) in [5.74, 6) is -0.608. The SMILES string of the molecule is Fc1ccc(-n2cc(-c3ccc(N4CCSCC4)cc3)c(C3CCC(F)(F)CC3)n2)cc1. The molecular formula is C25H26F3N3S. The predicted octanol–water partition coefficient (Wildman–Crippen LogP) is 6.52. The first-order valence-electron chi connectivity index (χ1n) is 11.1. The average Bonchev–Trinajstić information content (AvgIpc) is 3.26. The molecule has 0 bridgehead atoms. The summed E-state index contributed by atoms with van der Waals surface area (Å²) in [6.07, 6.45) is 2.58. The summed E-state index contributed by atoms with van der Waals surface area (Å²) in [7, 11) is 0. The second-order valence-corrected chi connectivity index (χ2v) is 9.85. The number of hydrogen-bond acceptors (Lipinski definition) is 3. The van der Waals surface area contributed by atoms with E-state index in [1.807, 2.05) is 18.0 Å². The van der Waals surface area contributed by atoms with Crippen molar-refractivity contribution in [2.45, 2.75) is 37.5 Å². The Bertz CT molecular complexity index is 1050. The largest absolute Gasteiger partial charge is 0.370 e. The standard InChI is InChI=1S/C25H26F3N3S/c26-20-3-7-22(8-4-20)31-17-23(24(29-31)19-9-11-25(27,28)12-10-19)18-1-5-21(6-2-18)30-13-15-32-16-14-30/h1-8,17,19H,9-16H2. The number of alkyl halides is 2. The molecule has 0 atom stereocenters. The average molecular weight is 458 g/mol. The summed E-state index contributed by atoms with van der Waals surface area (Å²) in [4.78, 5) is 2.40. The van der Waals surface area contributed by atoms with E-state index in [9.17, 15) is 13.2 Å². The molecule has 1 saturated carbocycles. The Morgan fingerprint density at radius 2 is 1.50 bits per heavy atom. The molecule has 32 heavy (non-hydrogen) atoms. The Balaban J connectivity index is 1.48. The maximum Gasteiger partial charge on any atom is 0.248 e. The third kappa shape index (κ3) is 4.53. The van der Waals surface area contributed by atoms with Crippen molar-refractivity contribution in [2.75, 3.05) is 29.5 Å². The van der Waals surface area contributed by atoms with Crippen molar-refractivity contribution in [3.05, 3.63) is 66.2 Å². The molecule has 5 rings (SSSR count). The monoisotopic (exact) mass is 457 g/mol. The second-order valence-electron chi connectivity index (χ2n) is 8.63. The number of halogens is 3. The Hall–Kier alpha value is -2.41. The smallest absolute Gasteiger partial charge is 0.248 e. The Labute approximate surface area is 190 Å². The number of thioether (sulfide) groups is 1. The van der Waals surface area contributed by atoms with Crippen LogP contribution < -0.4 is 4.90 Å². The van der Waals surface area contributed by atoms with Gasteiger partial charge in [-0.3, -0.25) is 0 Å². The molecule has 0 N–H and O–H groups in total. The summed E-state index contributed by atoms with van der Waals surface area (Å²) in [6.45, 7) is 2.10. The summed E-state index contributed by atoms with van der Waals surface area (Å²) in [6, 6.07) is 14.7. The van der Waals surface area contributed by atoms with E-state index in [1.54, 1.807) is 16.8 Å². The lowest BCUT2D eigenvalue weighted by atomic mass is 9.83. The molecule has 3 nitrogen and oxygen atoms in total. The highest BCUT2D eigenvalue weighted by atomic mass is 32.2. The normalized spacial score (nSPS) is 19.3. The maximum atomic E-state index is 13.8. The lowest BCUT2D eigenvalue weighted by Gasteiger charge is -2.29. The molecule has 1 aliphatic heterocycles. The quantitative estimate of drug-likeness (QED) is 0.445. The van der Waals surface area contributed by atoms with Crippen molar-refractivity contribution in [2.24, 2.45) is 0 Å². The number of aromatic nitrogens is 2. The summed E-state index contributed by atoms with van der Waals surface area (Å²) in [5.41, 5.74) is 4.80. The maximum absolute atomic E-state index is 13.8. The molecule has 1 aromatic heterocycles. The van der Waals surface area contributed by atoms with E-state index in [0.29, 0.717) is 12.8 Å². The van der Waals surface area contributed by atoms with E-state index >= 15 is 0 Å². The van der Waals surface area contributed by atoms with Crippen molar-refractivity contribution in [3.8, 4) is 16.8 Å². The van der Waals surface area contributed by atoms with Gasteiger partial charge in [0.25, 0.3) is 0 Å². The highest BCUT2D eigenvalue weighted by molar-refractivity contribution is 7.99. The fourth-order valence-corrected chi connectivity index (χ4v) is 5.53. The first-order valence-corrected chi connectivity index (χ1v) is 12.3. The molecule has 0 amide bonds. The van der Waals surface area contributed by atoms with Crippen molar-refractivity contribution in [3.63, 3.8) is 0 Å². The van der Waals surface area contributed by atoms with Crippen molar-refractivity contribution < 1.29 is 13.2 Å². The number of nitrogens with zero attached hydrogens (tertiary/aromatic N) is 3. The molecule has 2 fully saturated rings. The fourth-order valence-electron chi connectivity index (χ4n) is 4.62. The third-order valence-corrected chi connectivity index (χ3v) is 7.43. The first-order chi connectivity index (χ1) is 15.5. The van der Waals surface area contributed by atoms with Gasteiger partial charge in [0, 0.05) is 60.8 Å². The first kappa shape index (κ1) is 21.4. The van der Waals surface area contributed by atoms with E-state index in [4.69, 9.17) is 5.10 Å². The van der Waals surface area contributed by atoms with Gasteiger partial charge in [-0.05, 0) is 54.8 Å². The Kier molecular flexibility index (Phi) is 5.93. The molecule has 1 aliphatic carbocycles. The van der Waals surface area contributed by atoms with Crippen LogP contribution in [0.2, 0.25) is 0 Å². The molecule has 1 saturated heterocycles. The lowest BCUT2D eigenvalue weighted by molar-refractivity contribution is -0.0384. The van der Waals surface area contributed by atoms with Crippen molar-refractivity contribution >= 4 is 17.4 Å². The van der Waals surface area contributed by atoms with Crippen LogP contribution in [0.15, 0.2) is 54.7 Å². The second kappa shape index (κ2) is 8.85. The molecule has 2 aromatic carbocycles. The molecule has 2 aliphatic rings. The zero-order valence-corrected chi connectivity index (χ0v) is 18.6. The van der Waals surface area contributed by atoms with E-state index in [-0.39, 0.29) is 24.6 Å². The number of benzene rings is 2. The minimum Gasteiger partial charge on any atom is -0.370 e. The Morgan fingerprint density at radius 3 is 2.16 bits per heavy atom.